The van der Waals surface area contributed by atoms with Crippen molar-refractivity contribution in [3.8, 4) is 0 Å². The Bertz CT molecular complexity index is 799. The molecule has 0 bridgehead atoms. The zero-order valence-corrected chi connectivity index (χ0v) is 18.3. The van der Waals surface area contributed by atoms with Gasteiger partial charge in [-0.25, -0.2) is 0 Å². The van der Waals surface area contributed by atoms with E-state index in [4.69, 9.17) is 0 Å². The first-order chi connectivity index (χ1) is 12.8. The average molecular weight is 407 g/mol. The summed E-state index contributed by atoms with van der Waals surface area (Å²) in [4.78, 5) is 2.14. The lowest BCUT2D eigenvalue weighted by Crippen LogP contribution is -2.35. The zero-order valence-electron chi connectivity index (χ0n) is 16.6. The summed E-state index contributed by atoms with van der Waals surface area (Å²) in [6.45, 7) is 10.3. The molecule has 6 heteroatoms. The molecule has 0 N–H and O–H groups in total. The number of hydrogen-bond acceptors (Lipinski definition) is 3. The molecular formula is C21H30N2O2S2. The summed E-state index contributed by atoms with van der Waals surface area (Å²) in [5.74, 6) is 1.63. The fraction of sp³-hybridized carbons (Fsp3) is 0.476. The normalized spacial score (nSPS) is 12.7. The Morgan fingerprint density at radius 1 is 0.963 bits per heavy atom. The molecule has 0 radical (unpaired) electrons. The van der Waals surface area contributed by atoms with Crippen LogP contribution in [0.25, 0.3) is 0 Å². The number of rotatable bonds is 9. The molecule has 0 aliphatic heterocycles. The summed E-state index contributed by atoms with van der Waals surface area (Å²) >= 11 is 1.20. The van der Waals surface area contributed by atoms with E-state index in [-0.39, 0.29) is 4.21 Å². The van der Waals surface area contributed by atoms with Crippen molar-refractivity contribution in [1.82, 2.24) is 4.90 Å². The second kappa shape index (κ2) is 10.0. The standard InChI is InChI=1S/C21H30N2O2S2/c1-17(2)12-14-23(15-13-18(3)4)21(19-9-6-5-7-10-19)22-27(24,25)20-11-8-16-26-20/h5-11,16-18H,12-15H2,1-4H3/b22-21+. The molecule has 0 aliphatic carbocycles. The summed E-state index contributed by atoms with van der Waals surface area (Å²) in [6.07, 6.45) is 1.98. The summed E-state index contributed by atoms with van der Waals surface area (Å²) in [6, 6.07) is 13.0. The highest BCUT2D eigenvalue weighted by atomic mass is 32.2. The van der Waals surface area contributed by atoms with Crippen molar-refractivity contribution in [3.05, 3.63) is 53.4 Å². The summed E-state index contributed by atoms with van der Waals surface area (Å²) in [7, 11) is -3.72. The molecule has 1 heterocycles. The Kier molecular flexibility index (Phi) is 8.05. The van der Waals surface area contributed by atoms with Gasteiger partial charge in [-0.3, -0.25) is 0 Å². The second-order valence-corrected chi connectivity index (χ2v) is 10.3. The van der Waals surface area contributed by atoms with Gasteiger partial charge in [-0.1, -0.05) is 64.1 Å². The molecule has 1 aromatic heterocycles. The van der Waals surface area contributed by atoms with Crippen LogP contribution in [0, 0.1) is 11.8 Å². The van der Waals surface area contributed by atoms with Crippen LogP contribution in [0.1, 0.15) is 46.1 Å². The van der Waals surface area contributed by atoms with Crippen molar-refractivity contribution in [2.75, 3.05) is 13.1 Å². The predicted octanol–water partition coefficient (Wildman–Crippen LogP) is 5.28. The third-order valence-corrected chi connectivity index (χ3v) is 6.88. The Labute approximate surface area is 168 Å². The number of benzene rings is 1. The highest BCUT2D eigenvalue weighted by molar-refractivity contribution is 7.92. The number of hydrogen-bond donors (Lipinski definition) is 0. The first-order valence-electron chi connectivity index (χ1n) is 9.48. The van der Waals surface area contributed by atoms with Crippen LogP contribution in [0.15, 0.2) is 56.5 Å². The first kappa shape index (κ1) is 21.6. The van der Waals surface area contributed by atoms with E-state index in [0.29, 0.717) is 17.7 Å². The van der Waals surface area contributed by atoms with Gasteiger partial charge in [0.1, 0.15) is 10.0 Å². The average Bonchev–Trinajstić information content (AvgIpc) is 3.16. The molecular weight excluding hydrogens is 376 g/mol. The number of thiophene rings is 1. The molecule has 148 valence electrons. The lowest BCUT2D eigenvalue weighted by atomic mass is 10.1. The molecule has 2 aromatic rings. The Morgan fingerprint density at radius 3 is 2.04 bits per heavy atom. The molecule has 0 spiro atoms. The highest BCUT2D eigenvalue weighted by Gasteiger charge is 2.21. The predicted molar refractivity (Wildman–Crippen MR) is 115 cm³/mol. The van der Waals surface area contributed by atoms with Gasteiger partial charge < -0.3 is 4.90 Å². The van der Waals surface area contributed by atoms with Crippen molar-refractivity contribution >= 4 is 27.2 Å². The zero-order chi connectivity index (χ0) is 19.9. The van der Waals surface area contributed by atoms with Crippen LogP contribution in [-0.2, 0) is 10.0 Å². The van der Waals surface area contributed by atoms with Crippen molar-refractivity contribution in [3.63, 3.8) is 0 Å². The fourth-order valence-electron chi connectivity index (χ4n) is 2.60. The Morgan fingerprint density at radius 2 is 1.56 bits per heavy atom. The maximum Gasteiger partial charge on any atom is 0.293 e. The molecule has 0 atom stereocenters. The van der Waals surface area contributed by atoms with E-state index in [0.717, 1.165) is 31.5 Å². The van der Waals surface area contributed by atoms with Gasteiger partial charge in [0.25, 0.3) is 10.0 Å². The molecule has 0 fully saturated rings. The van der Waals surface area contributed by atoms with E-state index in [1.165, 1.54) is 11.3 Å². The minimum atomic E-state index is -3.72. The smallest absolute Gasteiger partial charge is 0.293 e. The first-order valence-corrected chi connectivity index (χ1v) is 11.8. The van der Waals surface area contributed by atoms with E-state index >= 15 is 0 Å². The third-order valence-electron chi connectivity index (χ3n) is 4.24. The van der Waals surface area contributed by atoms with E-state index in [9.17, 15) is 8.42 Å². The van der Waals surface area contributed by atoms with Crippen LogP contribution in [0.4, 0.5) is 0 Å². The van der Waals surface area contributed by atoms with Gasteiger partial charge >= 0.3 is 0 Å². The van der Waals surface area contributed by atoms with Crippen molar-refractivity contribution in [1.29, 1.82) is 0 Å². The maximum absolute atomic E-state index is 12.9. The van der Waals surface area contributed by atoms with Crippen molar-refractivity contribution < 1.29 is 8.42 Å². The minimum Gasteiger partial charge on any atom is -0.355 e. The van der Waals surface area contributed by atoms with E-state index in [1.54, 1.807) is 17.5 Å². The van der Waals surface area contributed by atoms with Gasteiger partial charge in [-0.05, 0) is 36.1 Å². The largest absolute Gasteiger partial charge is 0.355 e. The van der Waals surface area contributed by atoms with Gasteiger partial charge in [0, 0.05) is 18.7 Å². The van der Waals surface area contributed by atoms with E-state index in [1.807, 2.05) is 30.3 Å². The Hall–Kier alpha value is -1.66. The SMILES string of the molecule is CC(C)CCN(CCC(C)C)/C(=N/S(=O)(=O)c1cccs1)c1ccccc1. The van der Waals surface area contributed by atoms with Gasteiger partial charge in [-0.2, -0.15) is 8.42 Å². The number of sulfonamides is 1. The molecule has 2 rings (SSSR count). The molecule has 0 saturated carbocycles. The molecule has 0 unspecified atom stereocenters. The quantitative estimate of drug-likeness (QED) is 0.421. The van der Waals surface area contributed by atoms with Crippen LogP contribution < -0.4 is 0 Å². The topological polar surface area (TPSA) is 49.7 Å². The number of nitrogens with zero attached hydrogens (tertiary/aromatic N) is 2. The van der Waals surface area contributed by atoms with Crippen LogP contribution in [0.5, 0.6) is 0 Å². The Balaban J connectivity index is 2.46. The summed E-state index contributed by atoms with van der Waals surface area (Å²) in [5, 5.41) is 1.76. The lowest BCUT2D eigenvalue weighted by Gasteiger charge is -2.28. The van der Waals surface area contributed by atoms with Crippen molar-refractivity contribution in [2.24, 2.45) is 16.2 Å². The van der Waals surface area contributed by atoms with Gasteiger partial charge in [0.2, 0.25) is 0 Å². The van der Waals surface area contributed by atoms with E-state index < -0.39 is 10.0 Å². The molecule has 4 nitrogen and oxygen atoms in total. The van der Waals surface area contributed by atoms with Gasteiger partial charge in [-0.15, -0.1) is 15.7 Å². The highest BCUT2D eigenvalue weighted by Crippen LogP contribution is 2.21. The van der Waals surface area contributed by atoms with E-state index in [2.05, 4.69) is 37.0 Å². The summed E-state index contributed by atoms with van der Waals surface area (Å²) < 4.78 is 30.3. The summed E-state index contributed by atoms with van der Waals surface area (Å²) in [5.41, 5.74) is 0.838. The minimum absolute atomic E-state index is 0.281. The van der Waals surface area contributed by atoms with Gasteiger partial charge in [0.15, 0.2) is 0 Å². The maximum atomic E-state index is 12.9. The molecule has 0 amide bonds. The fourth-order valence-corrected chi connectivity index (χ4v) is 4.60. The molecule has 0 saturated heterocycles. The third kappa shape index (κ3) is 6.78. The second-order valence-electron chi connectivity index (χ2n) is 7.54. The monoisotopic (exact) mass is 406 g/mol. The van der Waals surface area contributed by atoms with Crippen LogP contribution in [0.2, 0.25) is 0 Å². The number of amidine groups is 1. The molecule has 27 heavy (non-hydrogen) atoms. The molecule has 0 aliphatic rings. The molecule has 1 aromatic carbocycles. The van der Waals surface area contributed by atoms with Crippen LogP contribution in [0.3, 0.4) is 0 Å². The lowest BCUT2D eigenvalue weighted by molar-refractivity contribution is 0.355. The van der Waals surface area contributed by atoms with Crippen LogP contribution >= 0.6 is 11.3 Å². The van der Waals surface area contributed by atoms with Crippen molar-refractivity contribution in [2.45, 2.75) is 44.7 Å². The van der Waals surface area contributed by atoms with Crippen LogP contribution in [-0.4, -0.2) is 32.2 Å². The van der Waals surface area contributed by atoms with Gasteiger partial charge in [0.05, 0.1) is 0 Å².